The molecule has 0 saturated carbocycles. The first kappa shape index (κ1) is 11.4. The third kappa shape index (κ3) is 2.93. The van der Waals surface area contributed by atoms with Crippen LogP contribution < -0.4 is 10.1 Å². The van der Waals surface area contributed by atoms with Gasteiger partial charge in [-0.15, -0.1) is 0 Å². The highest BCUT2D eigenvalue weighted by Gasteiger charge is 2.05. The minimum atomic E-state index is 0.585. The molecule has 0 unspecified atom stereocenters. The number of aryl methyl sites for hydroxylation is 1. The Balaban J connectivity index is 2.22. The second kappa shape index (κ2) is 5.30. The quantitative estimate of drug-likeness (QED) is 0.875. The molecule has 0 radical (unpaired) electrons. The predicted molar refractivity (Wildman–Crippen MR) is 67.4 cm³/mol. The Kier molecular flexibility index (Phi) is 3.55. The van der Waals surface area contributed by atoms with Crippen molar-refractivity contribution >= 4 is 5.95 Å². The van der Waals surface area contributed by atoms with Crippen LogP contribution in [0.4, 0.5) is 5.95 Å². The third-order valence-electron chi connectivity index (χ3n) is 2.22. The summed E-state index contributed by atoms with van der Waals surface area (Å²) in [6.07, 6.45) is 1.75. The highest BCUT2D eigenvalue weighted by Crippen LogP contribution is 2.22. The van der Waals surface area contributed by atoms with Gasteiger partial charge in [0.25, 0.3) is 0 Å². The smallest absolute Gasteiger partial charge is 0.226 e. The topological polar surface area (TPSA) is 47.0 Å². The van der Waals surface area contributed by atoms with E-state index >= 15 is 0 Å². The molecule has 2 aromatic rings. The molecule has 1 aromatic carbocycles. The molecule has 0 spiro atoms. The third-order valence-corrected chi connectivity index (χ3v) is 2.22. The summed E-state index contributed by atoms with van der Waals surface area (Å²) >= 11 is 0. The first-order valence-corrected chi connectivity index (χ1v) is 5.60. The van der Waals surface area contributed by atoms with Crippen LogP contribution in [0, 0.1) is 6.92 Å². The standard InChI is InChI=1S/C13H15N3O/c1-3-14-13-15-9-10(2)12(16-13)17-11-7-5-4-6-8-11/h4-9H,3H2,1-2H3,(H,14,15,16). The molecule has 0 atom stereocenters. The van der Waals surface area contributed by atoms with E-state index in [0.717, 1.165) is 17.9 Å². The Bertz CT molecular complexity index is 485. The number of anilines is 1. The molecule has 2 rings (SSSR count). The summed E-state index contributed by atoms with van der Waals surface area (Å²) in [5, 5.41) is 3.06. The molecular formula is C13H15N3O. The van der Waals surface area contributed by atoms with Crippen LogP contribution in [0.2, 0.25) is 0 Å². The van der Waals surface area contributed by atoms with Gasteiger partial charge >= 0.3 is 0 Å². The van der Waals surface area contributed by atoms with Gasteiger partial charge in [-0.1, -0.05) is 18.2 Å². The molecule has 0 amide bonds. The van der Waals surface area contributed by atoms with Crippen LogP contribution in [-0.2, 0) is 0 Å². The lowest BCUT2D eigenvalue weighted by Crippen LogP contribution is -2.03. The van der Waals surface area contributed by atoms with Gasteiger partial charge in [-0.3, -0.25) is 0 Å². The number of nitrogens with zero attached hydrogens (tertiary/aromatic N) is 2. The number of para-hydroxylation sites is 1. The maximum atomic E-state index is 5.71. The van der Waals surface area contributed by atoms with Gasteiger partial charge in [0.15, 0.2) is 0 Å². The normalized spacial score (nSPS) is 10.0. The van der Waals surface area contributed by atoms with E-state index in [2.05, 4.69) is 15.3 Å². The van der Waals surface area contributed by atoms with E-state index in [4.69, 9.17) is 4.74 Å². The van der Waals surface area contributed by atoms with E-state index in [1.165, 1.54) is 0 Å². The van der Waals surface area contributed by atoms with Crippen molar-refractivity contribution in [2.45, 2.75) is 13.8 Å². The molecular weight excluding hydrogens is 214 g/mol. The van der Waals surface area contributed by atoms with Crippen molar-refractivity contribution in [3.05, 3.63) is 42.1 Å². The van der Waals surface area contributed by atoms with Crippen molar-refractivity contribution in [2.75, 3.05) is 11.9 Å². The highest BCUT2D eigenvalue weighted by atomic mass is 16.5. The van der Waals surface area contributed by atoms with Gasteiger partial charge in [0.2, 0.25) is 11.8 Å². The monoisotopic (exact) mass is 229 g/mol. The molecule has 0 aliphatic heterocycles. The molecule has 17 heavy (non-hydrogen) atoms. The fourth-order valence-corrected chi connectivity index (χ4v) is 1.37. The zero-order chi connectivity index (χ0) is 12.1. The minimum Gasteiger partial charge on any atom is -0.439 e. The molecule has 1 heterocycles. The van der Waals surface area contributed by atoms with Gasteiger partial charge in [-0.25, -0.2) is 4.98 Å². The molecule has 1 N–H and O–H groups in total. The second-order valence-electron chi connectivity index (χ2n) is 3.63. The van der Waals surface area contributed by atoms with Crippen LogP contribution in [0.15, 0.2) is 36.5 Å². The van der Waals surface area contributed by atoms with E-state index in [9.17, 15) is 0 Å². The Morgan fingerprint density at radius 1 is 1.24 bits per heavy atom. The van der Waals surface area contributed by atoms with E-state index in [0.29, 0.717) is 11.8 Å². The average molecular weight is 229 g/mol. The van der Waals surface area contributed by atoms with E-state index in [-0.39, 0.29) is 0 Å². The molecule has 4 heteroatoms. The summed E-state index contributed by atoms with van der Waals surface area (Å²) in [4.78, 5) is 8.48. The first-order valence-electron chi connectivity index (χ1n) is 5.60. The van der Waals surface area contributed by atoms with Crippen LogP contribution in [0.1, 0.15) is 12.5 Å². The van der Waals surface area contributed by atoms with Gasteiger partial charge in [0, 0.05) is 18.3 Å². The Labute approximate surface area is 101 Å². The van der Waals surface area contributed by atoms with Crippen LogP contribution >= 0.6 is 0 Å². The molecule has 0 saturated heterocycles. The number of aromatic nitrogens is 2. The van der Waals surface area contributed by atoms with Crippen molar-refractivity contribution in [1.29, 1.82) is 0 Å². The number of ether oxygens (including phenoxy) is 1. The van der Waals surface area contributed by atoms with Crippen LogP contribution in [0.25, 0.3) is 0 Å². The summed E-state index contributed by atoms with van der Waals surface area (Å²) in [6, 6.07) is 9.60. The van der Waals surface area contributed by atoms with Crippen LogP contribution in [-0.4, -0.2) is 16.5 Å². The summed E-state index contributed by atoms with van der Waals surface area (Å²) < 4.78 is 5.71. The van der Waals surface area contributed by atoms with Crippen molar-refractivity contribution in [3.63, 3.8) is 0 Å². The Hall–Kier alpha value is -2.10. The maximum absolute atomic E-state index is 5.71. The number of hydrogen-bond donors (Lipinski definition) is 1. The van der Waals surface area contributed by atoms with Crippen LogP contribution in [0.3, 0.4) is 0 Å². The molecule has 0 aliphatic carbocycles. The van der Waals surface area contributed by atoms with Gasteiger partial charge in [0.1, 0.15) is 5.75 Å². The van der Waals surface area contributed by atoms with Gasteiger partial charge in [-0.05, 0) is 26.0 Å². The number of rotatable bonds is 4. The predicted octanol–water partition coefficient (Wildman–Crippen LogP) is 3.01. The van der Waals surface area contributed by atoms with E-state index < -0.39 is 0 Å². The molecule has 0 fully saturated rings. The van der Waals surface area contributed by atoms with E-state index in [1.54, 1.807) is 6.20 Å². The molecule has 4 nitrogen and oxygen atoms in total. The van der Waals surface area contributed by atoms with Crippen molar-refractivity contribution in [1.82, 2.24) is 9.97 Å². The lowest BCUT2D eigenvalue weighted by Gasteiger charge is -2.08. The highest BCUT2D eigenvalue weighted by molar-refractivity contribution is 5.35. The zero-order valence-corrected chi connectivity index (χ0v) is 9.97. The first-order chi connectivity index (χ1) is 8.29. The van der Waals surface area contributed by atoms with Gasteiger partial charge in [-0.2, -0.15) is 4.98 Å². The van der Waals surface area contributed by atoms with Crippen LogP contribution in [0.5, 0.6) is 11.6 Å². The average Bonchev–Trinajstić information content (AvgIpc) is 2.35. The van der Waals surface area contributed by atoms with Crippen molar-refractivity contribution in [3.8, 4) is 11.6 Å². The van der Waals surface area contributed by atoms with Gasteiger partial charge < -0.3 is 10.1 Å². The fourth-order valence-electron chi connectivity index (χ4n) is 1.37. The number of nitrogens with one attached hydrogen (secondary N) is 1. The lowest BCUT2D eigenvalue weighted by molar-refractivity contribution is 0.458. The SMILES string of the molecule is CCNc1ncc(C)c(Oc2ccccc2)n1. The number of benzene rings is 1. The summed E-state index contributed by atoms with van der Waals surface area (Å²) in [7, 11) is 0. The maximum Gasteiger partial charge on any atom is 0.226 e. The molecule has 0 bridgehead atoms. The van der Waals surface area contributed by atoms with Gasteiger partial charge in [0.05, 0.1) is 0 Å². The zero-order valence-electron chi connectivity index (χ0n) is 9.97. The summed E-state index contributed by atoms with van der Waals surface area (Å²) in [5.74, 6) is 1.95. The second-order valence-corrected chi connectivity index (χ2v) is 3.63. The minimum absolute atomic E-state index is 0.585. The Morgan fingerprint density at radius 2 is 2.00 bits per heavy atom. The molecule has 1 aromatic heterocycles. The number of hydrogen-bond acceptors (Lipinski definition) is 4. The lowest BCUT2D eigenvalue weighted by atomic mass is 10.3. The van der Waals surface area contributed by atoms with Crippen molar-refractivity contribution < 1.29 is 4.74 Å². The fraction of sp³-hybridized carbons (Fsp3) is 0.231. The molecule has 88 valence electrons. The Morgan fingerprint density at radius 3 is 2.71 bits per heavy atom. The summed E-state index contributed by atoms with van der Waals surface area (Å²) in [6.45, 7) is 4.71. The summed E-state index contributed by atoms with van der Waals surface area (Å²) in [5.41, 5.74) is 0.913. The van der Waals surface area contributed by atoms with E-state index in [1.807, 2.05) is 44.2 Å². The largest absolute Gasteiger partial charge is 0.439 e. The molecule has 0 aliphatic rings. The van der Waals surface area contributed by atoms with Crippen molar-refractivity contribution in [2.24, 2.45) is 0 Å².